The lowest BCUT2D eigenvalue weighted by Gasteiger charge is -2.17. The van der Waals surface area contributed by atoms with Crippen LogP contribution in [0.1, 0.15) is 52.5 Å². The average molecular weight is 393 g/mol. The lowest BCUT2D eigenvalue weighted by molar-refractivity contribution is 0.0945. The third kappa shape index (κ3) is 3.57. The third-order valence-corrected chi connectivity index (χ3v) is 5.01. The summed E-state index contributed by atoms with van der Waals surface area (Å²) in [5.41, 5.74) is 1.69. The second-order valence-electron chi connectivity index (χ2n) is 6.70. The fourth-order valence-corrected chi connectivity index (χ4v) is 3.72. The zero-order valence-corrected chi connectivity index (χ0v) is 15.5. The van der Waals surface area contributed by atoms with Crippen molar-refractivity contribution in [3.8, 4) is 0 Å². The van der Waals surface area contributed by atoms with Crippen LogP contribution >= 0.6 is 23.2 Å². The number of hydrogen-bond acceptors (Lipinski definition) is 3. The van der Waals surface area contributed by atoms with Crippen molar-refractivity contribution in [2.75, 3.05) is 5.32 Å². The Bertz CT molecular complexity index is 869. The van der Waals surface area contributed by atoms with E-state index in [2.05, 4.69) is 15.6 Å². The van der Waals surface area contributed by atoms with E-state index in [1.807, 2.05) is 4.57 Å². The minimum absolute atomic E-state index is 0.192. The summed E-state index contributed by atoms with van der Waals surface area (Å²) in [6.45, 7) is 0.679. The minimum atomic E-state index is -0.378. The molecule has 1 aliphatic heterocycles. The zero-order valence-electron chi connectivity index (χ0n) is 14.0. The van der Waals surface area contributed by atoms with Crippen LogP contribution in [0.3, 0.4) is 0 Å². The molecular formula is C18H18Cl2N4O2. The van der Waals surface area contributed by atoms with E-state index < -0.39 is 0 Å². The normalized spacial score (nSPS) is 16.1. The molecule has 2 aromatic rings. The van der Waals surface area contributed by atoms with Crippen molar-refractivity contribution in [3.63, 3.8) is 0 Å². The van der Waals surface area contributed by atoms with Gasteiger partial charge in [-0.1, -0.05) is 23.2 Å². The van der Waals surface area contributed by atoms with Crippen LogP contribution in [-0.2, 0) is 13.0 Å². The fourth-order valence-electron chi connectivity index (χ4n) is 3.19. The summed E-state index contributed by atoms with van der Waals surface area (Å²) >= 11 is 12.0. The van der Waals surface area contributed by atoms with Gasteiger partial charge in [-0.15, -0.1) is 0 Å². The van der Waals surface area contributed by atoms with Gasteiger partial charge in [-0.3, -0.25) is 9.59 Å². The van der Waals surface area contributed by atoms with Gasteiger partial charge in [0.2, 0.25) is 0 Å². The Kier molecular flexibility index (Phi) is 4.63. The monoisotopic (exact) mass is 392 g/mol. The molecule has 2 aliphatic rings. The van der Waals surface area contributed by atoms with Crippen LogP contribution < -0.4 is 10.6 Å². The highest BCUT2D eigenvalue weighted by molar-refractivity contribution is 6.35. The molecule has 2 N–H and O–H groups in total. The molecule has 0 saturated heterocycles. The summed E-state index contributed by atoms with van der Waals surface area (Å²) in [6.07, 6.45) is 4.70. The number of nitrogens with zero attached hydrogens (tertiary/aromatic N) is 2. The number of carbonyl (C=O) groups is 2. The van der Waals surface area contributed by atoms with E-state index in [4.69, 9.17) is 23.2 Å². The number of anilines is 1. The van der Waals surface area contributed by atoms with Gasteiger partial charge in [0.25, 0.3) is 11.8 Å². The van der Waals surface area contributed by atoms with E-state index in [-0.39, 0.29) is 23.7 Å². The molecule has 0 radical (unpaired) electrons. The van der Waals surface area contributed by atoms with Crippen LogP contribution in [0.4, 0.5) is 5.69 Å². The lowest BCUT2D eigenvalue weighted by atomic mass is 10.1. The first-order valence-corrected chi connectivity index (χ1v) is 9.44. The van der Waals surface area contributed by atoms with Crippen LogP contribution in [0.25, 0.3) is 0 Å². The molecule has 0 spiro atoms. The number of amides is 2. The van der Waals surface area contributed by atoms with Gasteiger partial charge >= 0.3 is 0 Å². The number of nitrogens with one attached hydrogen (secondary N) is 2. The summed E-state index contributed by atoms with van der Waals surface area (Å²) in [6, 6.07) is 5.07. The predicted molar refractivity (Wildman–Crippen MR) is 100 cm³/mol. The van der Waals surface area contributed by atoms with Gasteiger partial charge in [-0.2, -0.15) is 0 Å². The van der Waals surface area contributed by atoms with Crippen LogP contribution in [0.2, 0.25) is 10.0 Å². The molecule has 0 atom stereocenters. The van der Waals surface area contributed by atoms with Crippen molar-refractivity contribution >= 4 is 40.7 Å². The highest BCUT2D eigenvalue weighted by Crippen LogP contribution is 2.26. The first-order chi connectivity index (χ1) is 12.5. The molecule has 1 aromatic heterocycles. The molecule has 1 fully saturated rings. The van der Waals surface area contributed by atoms with Crippen molar-refractivity contribution in [3.05, 3.63) is 45.5 Å². The Morgan fingerprint density at radius 1 is 1.08 bits per heavy atom. The van der Waals surface area contributed by atoms with Gasteiger partial charge in [0.15, 0.2) is 5.82 Å². The molecule has 8 heteroatoms. The summed E-state index contributed by atoms with van der Waals surface area (Å²) in [7, 11) is 0. The number of halogens is 2. The Morgan fingerprint density at radius 2 is 1.81 bits per heavy atom. The van der Waals surface area contributed by atoms with Gasteiger partial charge in [0.1, 0.15) is 5.69 Å². The number of carbonyl (C=O) groups excluding carboxylic acids is 2. The zero-order chi connectivity index (χ0) is 18.3. The number of hydrogen-bond donors (Lipinski definition) is 2. The minimum Gasteiger partial charge on any atom is -0.348 e. The predicted octanol–water partition coefficient (Wildman–Crippen LogP) is 3.67. The molecule has 1 aromatic carbocycles. The maximum atomic E-state index is 12.8. The Balaban J connectivity index is 1.63. The van der Waals surface area contributed by atoms with E-state index in [0.29, 0.717) is 28.0 Å². The quantitative estimate of drug-likeness (QED) is 0.832. The van der Waals surface area contributed by atoms with Crippen molar-refractivity contribution < 1.29 is 9.59 Å². The molecule has 4 rings (SSSR count). The molecule has 0 bridgehead atoms. The molecule has 26 heavy (non-hydrogen) atoms. The van der Waals surface area contributed by atoms with Crippen LogP contribution in [0.5, 0.6) is 0 Å². The molecule has 1 aliphatic carbocycles. The van der Waals surface area contributed by atoms with E-state index in [9.17, 15) is 9.59 Å². The van der Waals surface area contributed by atoms with Crippen LogP contribution in [0, 0.1) is 0 Å². The molecule has 1 saturated carbocycles. The van der Waals surface area contributed by atoms with Gasteiger partial charge in [-0.05, 0) is 50.3 Å². The maximum absolute atomic E-state index is 12.8. The van der Waals surface area contributed by atoms with Crippen LogP contribution in [-0.4, -0.2) is 27.4 Å². The SMILES string of the molecule is O=C(NC1CC1)c1nc(C(=O)Nc2cc(Cl)cc(Cl)c2)n2c1CCCC2. The summed E-state index contributed by atoms with van der Waals surface area (Å²) in [4.78, 5) is 29.7. The van der Waals surface area contributed by atoms with E-state index >= 15 is 0 Å². The maximum Gasteiger partial charge on any atom is 0.291 e. The smallest absolute Gasteiger partial charge is 0.291 e. The van der Waals surface area contributed by atoms with Crippen molar-refractivity contribution in [1.29, 1.82) is 0 Å². The number of imidazole rings is 1. The average Bonchev–Trinajstić information content (AvgIpc) is 3.31. The molecule has 136 valence electrons. The van der Waals surface area contributed by atoms with E-state index in [1.54, 1.807) is 18.2 Å². The van der Waals surface area contributed by atoms with Gasteiger partial charge in [0, 0.05) is 28.3 Å². The fraction of sp³-hybridized carbons (Fsp3) is 0.389. The molecular weight excluding hydrogens is 375 g/mol. The van der Waals surface area contributed by atoms with E-state index in [1.165, 1.54) is 0 Å². The number of benzene rings is 1. The van der Waals surface area contributed by atoms with Gasteiger partial charge < -0.3 is 15.2 Å². The van der Waals surface area contributed by atoms with Gasteiger partial charge in [0.05, 0.1) is 5.69 Å². The largest absolute Gasteiger partial charge is 0.348 e. The summed E-state index contributed by atoms with van der Waals surface area (Å²) in [5.74, 6) is -0.322. The number of fused-ring (bicyclic) bond motifs is 1. The molecule has 0 unspecified atom stereocenters. The van der Waals surface area contributed by atoms with Crippen molar-refractivity contribution in [2.24, 2.45) is 0 Å². The standard InChI is InChI=1S/C18H18Cl2N4O2/c19-10-7-11(20)9-13(8-10)22-18(26)16-23-15(17(25)21-12-4-5-12)14-3-1-2-6-24(14)16/h7-9,12H,1-6H2,(H,21,25)(H,22,26). The first kappa shape index (κ1) is 17.4. The van der Waals surface area contributed by atoms with E-state index in [0.717, 1.165) is 37.8 Å². The second-order valence-corrected chi connectivity index (χ2v) is 7.57. The topological polar surface area (TPSA) is 76.0 Å². The highest BCUT2D eigenvalue weighted by atomic mass is 35.5. The second kappa shape index (κ2) is 6.93. The molecule has 6 nitrogen and oxygen atoms in total. The number of rotatable bonds is 4. The van der Waals surface area contributed by atoms with Gasteiger partial charge in [-0.25, -0.2) is 4.98 Å². The lowest BCUT2D eigenvalue weighted by Crippen LogP contribution is -2.27. The molecule has 2 amide bonds. The Morgan fingerprint density at radius 3 is 2.50 bits per heavy atom. The van der Waals surface area contributed by atoms with Crippen molar-refractivity contribution in [2.45, 2.75) is 44.7 Å². The Labute approximate surface area is 160 Å². The summed E-state index contributed by atoms with van der Waals surface area (Å²) < 4.78 is 1.85. The van der Waals surface area contributed by atoms with Crippen LogP contribution in [0.15, 0.2) is 18.2 Å². The first-order valence-electron chi connectivity index (χ1n) is 8.69. The highest BCUT2D eigenvalue weighted by Gasteiger charge is 2.30. The molecule has 2 heterocycles. The van der Waals surface area contributed by atoms with Crippen molar-refractivity contribution in [1.82, 2.24) is 14.9 Å². The third-order valence-electron chi connectivity index (χ3n) is 4.57. The number of aromatic nitrogens is 2. The summed E-state index contributed by atoms with van der Waals surface area (Å²) in [5, 5.41) is 6.59. The Hall–Kier alpha value is -2.05.